The standard InChI is InChI=1S/C19H27NO2S/c1-18(2,3)23(21,22)17-5-4-16(12-20-17)19-9-13-6-14(10-19)8-15(7-13)11-19/h4-5,12-15H,6-11H2,1-3H3. The van der Waals surface area contributed by atoms with E-state index >= 15 is 0 Å². The van der Waals surface area contributed by atoms with Crippen molar-refractivity contribution in [3.63, 3.8) is 0 Å². The summed E-state index contributed by atoms with van der Waals surface area (Å²) >= 11 is 0. The van der Waals surface area contributed by atoms with Crippen LogP contribution in [0.15, 0.2) is 23.4 Å². The Balaban J connectivity index is 1.67. The zero-order valence-electron chi connectivity index (χ0n) is 14.4. The van der Waals surface area contributed by atoms with Gasteiger partial charge in [0.15, 0.2) is 14.9 Å². The number of hydrogen-bond acceptors (Lipinski definition) is 3. The van der Waals surface area contributed by atoms with Crippen molar-refractivity contribution in [1.29, 1.82) is 0 Å². The number of aromatic nitrogens is 1. The van der Waals surface area contributed by atoms with Crippen LogP contribution < -0.4 is 0 Å². The first-order chi connectivity index (χ1) is 10.7. The van der Waals surface area contributed by atoms with E-state index in [-0.39, 0.29) is 10.4 Å². The molecular formula is C19H27NO2S. The topological polar surface area (TPSA) is 47.0 Å². The van der Waals surface area contributed by atoms with Gasteiger partial charge in [-0.2, -0.15) is 0 Å². The van der Waals surface area contributed by atoms with E-state index < -0.39 is 14.6 Å². The summed E-state index contributed by atoms with van der Waals surface area (Å²) < 4.78 is 24.3. The van der Waals surface area contributed by atoms with Gasteiger partial charge in [0, 0.05) is 6.20 Å². The number of nitrogens with zero attached hydrogens (tertiary/aromatic N) is 1. The number of hydrogen-bond donors (Lipinski definition) is 0. The third-order valence-electron chi connectivity index (χ3n) is 6.47. The minimum absolute atomic E-state index is 0.221. The molecular weight excluding hydrogens is 306 g/mol. The molecule has 23 heavy (non-hydrogen) atoms. The van der Waals surface area contributed by atoms with Crippen LogP contribution >= 0.6 is 0 Å². The van der Waals surface area contributed by atoms with Crippen LogP contribution in [0.3, 0.4) is 0 Å². The third-order valence-corrected chi connectivity index (χ3v) is 8.87. The minimum Gasteiger partial charge on any atom is -0.244 e. The highest BCUT2D eigenvalue weighted by Gasteiger charge is 2.51. The van der Waals surface area contributed by atoms with Gasteiger partial charge >= 0.3 is 0 Å². The fourth-order valence-corrected chi connectivity index (χ4v) is 6.70. The second-order valence-electron chi connectivity index (χ2n) is 9.20. The van der Waals surface area contributed by atoms with Gasteiger partial charge in [0.1, 0.15) is 0 Å². The molecule has 0 aliphatic heterocycles. The normalized spacial score (nSPS) is 36.4. The Labute approximate surface area is 139 Å². The van der Waals surface area contributed by atoms with Crippen LogP contribution in [0.25, 0.3) is 0 Å². The van der Waals surface area contributed by atoms with Gasteiger partial charge < -0.3 is 0 Å². The van der Waals surface area contributed by atoms with Crippen LogP contribution in [0.1, 0.15) is 64.9 Å². The van der Waals surface area contributed by atoms with Crippen LogP contribution in [0.4, 0.5) is 0 Å². The average molecular weight is 333 g/mol. The Hall–Kier alpha value is -0.900. The van der Waals surface area contributed by atoms with E-state index in [9.17, 15) is 8.42 Å². The highest BCUT2D eigenvalue weighted by atomic mass is 32.2. The summed E-state index contributed by atoms with van der Waals surface area (Å²) in [4.78, 5) is 4.39. The van der Waals surface area contributed by atoms with Crippen LogP contribution in [0, 0.1) is 17.8 Å². The molecule has 4 aliphatic rings. The van der Waals surface area contributed by atoms with E-state index in [0.717, 1.165) is 17.8 Å². The van der Waals surface area contributed by atoms with Gasteiger partial charge in [0.2, 0.25) is 0 Å². The molecule has 0 radical (unpaired) electrons. The van der Waals surface area contributed by atoms with E-state index in [1.54, 1.807) is 26.8 Å². The van der Waals surface area contributed by atoms with Crippen molar-refractivity contribution in [2.24, 2.45) is 17.8 Å². The van der Waals surface area contributed by atoms with Gasteiger partial charge in [-0.25, -0.2) is 13.4 Å². The molecule has 0 unspecified atom stereocenters. The molecule has 4 saturated carbocycles. The van der Waals surface area contributed by atoms with Gasteiger partial charge in [0.05, 0.1) is 4.75 Å². The maximum absolute atomic E-state index is 12.6. The zero-order chi connectivity index (χ0) is 16.5. The summed E-state index contributed by atoms with van der Waals surface area (Å²) in [7, 11) is -3.36. The first kappa shape index (κ1) is 15.6. The van der Waals surface area contributed by atoms with Crippen molar-refractivity contribution >= 4 is 9.84 Å². The number of sulfone groups is 1. The molecule has 3 nitrogen and oxygen atoms in total. The lowest BCUT2D eigenvalue weighted by atomic mass is 9.48. The van der Waals surface area contributed by atoms with Crippen molar-refractivity contribution in [3.05, 3.63) is 23.9 Å². The molecule has 4 bridgehead atoms. The smallest absolute Gasteiger partial charge is 0.200 e. The Morgan fingerprint density at radius 3 is 1.91 bits per heavy atom. The molecule has 0 N–H and O–H groups in total. The van der Waals surface area contributed by atoms with E-state index in [1.807, 2.05) is 6.20 Å². The van der Waals surface area contributed by atoms with E-state index in [1.165, 1.54) is 44.1 Å². The predicted molar refractivity (Wildman–Crippen MR) is 91.0 cm³/mol. The van der Waals surface area contributed by atoms with Crippen LogP contribution in [-0.2, 0) is 15.3 Å². The first-order valence-electron chi connectivity index (χ1n) is 8.91. The van der Waals surface area contributed by atoms with Gasteiger partial charge in [-0.15, -0.1) is 0 Å². The van der Waals surface area contributed by atoms with Crippen molar-refractivity contribution in [3.8, 4) is 0 Å². The molecule has 4 fully saturated rings. The Kier molecular flexibility index (Phi) is 3.27. The number of pyridine rings is 1. The molecule has 126 valence electrons. The molecule has 4 aliphatic carbocycles. The summed E-state index contributed by atoms with van der Waals surface area (Å²) in [5, 5.41) is 0.221. The molecule has 0 amide bonds. The summed E-state index contributed by atoms with van der Waals surface area (Å²) in [6.07, 6.45) is 9.98. The largest absolute Gasteiger partial charge is 0.244 e. The molecule has 1 heterocycles. The quantitative estimate of drug-likeness (QED) is 0.818. The Morgan fingerprint density at radius 1 is 1.00 bits per heavy atom. The third kappa shape index (κ3) is 2.36. The maximum atomic E-state index is 12.6. The molecule has 0 atom stereocenters. The van der Waals surface area contributed by atoms with Crippen LogP contribution in [-0.4, -0.2) is 18.1 Å². The average Bonchev–Trinajstić information content (AvgIpc) is 2.45. The molecule has 0 spiro atoms. The summed E-state index contributed by atoms with van der Waals surface area (Å²) in [6.45, 7) is 5.20. The zero-order valence-corrected chi connectivity index (χ0v) is 15.2. The van der Waals surface area contributed by atoms with Crippen molar-refractivity contribution in [2.45, 2.75) is 74.5 Å². The lowest BCUT2D eigenvalue weighted by Crippen LogP contribution is -2.48. The van der Waals surface area contributed by atoms with Crippen molar-refractivity contribution in [1.82, 2.24) is 4.98 Å². The van der Waals surface area contributed by atoms with Gasteiger partial charge in [-0.3, -0.25) is 0 Å². The predicted octanol–water partition coefficient (Wildman–Crippen LogP) is 4.12. The summed E-state index contributed by atoms with van der Waals surface area (Å²) in [5.41, 5.74) is 1.57. The fraction of sp³-hybridized carbons (Fsp3) is 0.737. The van der Waals surface area contributed by atoms with Crippen molar-refractivity contribution < 1.29 is 8.42 Å². The molecule has 1 aromatic rings. The highest BCUT2D eigenvalue weighted by molar-refractivity contribution is 7.92. The minimum atomic E-state index is -3.36. The second kappa shape index (κ2) is 4.81. The van der Waals surface area contributed by atoms with Crippen molar-refractivity contribution in [2.75, 3.05) is 0 Å². The molecule has 5 rings (SSSR count). The molecule has 0 aromatic carbocycles. The molecule has 0 saturated heterocycles. The summed E-state index contributed by atoms with van der Waals surface area (Å²) in [5.74, 6) is 2.66. The van der Waals surface area contributed by atoms with Gasteiger partial charge in [-0.1, -0.05) is 6.07 Å². The molecule has 1 aromatic heterocycles. The fourth-order valence-electron chi connectivity index (χ4n) is 5.63. The number of rotatable bonds is 2. The lowest BCUT2D eigenvalue weighted by molar-refractivity contribution is -0.00538. The SMILES string of the molecule is CC(C)(C)S(=O)(=O)c1ccc(C23CC4CC(CC(C4)C2)C3)cn1. The van der Waals surface area contributed by atoms with Crippen LogP contribution in [0.2, 0.25) is 0 Å². The van der Waals surface area contributed by atoms with E-state index in [4.69, 9.17) is 0 Å². The van der Waals surface area contributed by atoms with E-state index in [2.05, 4.69) is 11.1 Å². The first-order valence-corrected chi connectivity index (χ1v) is 10.4. The van der Waals surface area contributed by atoms with Gasteiger partial charge in [0.25, 0.3) is 0 Å². The van der Waals surface area contributed by atoms with Crippen LogP contribution in [0.5, 0.6) is 0 Å². The Morgan fingerprint density at radius 2 is 1.52 bits per heavy atom. The monoisotopic (exact) mass is 333 g/mol. The molecule has 4 heteroatoms. The van der Waals surface area contributed by atoms with E-state index in [0.29, 0.717) is 0 Å². The highest BCUT2D eigenvalue weighted by Crippen LogP contribution is 2.60. The maximum Gasteiger partial charge on any atom is 0.200 e. The Bertz CT molecular complexity index is 677. The second-order valence-corrected chi connectivity index (χ2v) is 11.8. The summed E-state index contributed by atoms with van der Waals surface area (Å²) in [6, 6.07) is 3.80. The van der Waals surface area contributed by atoms with Gasteiger partial charge in [-0.05, 0) is 94.1 Å². The lowest BCUT2D eigenvalue weighted by Gasteiger charge is -2.57.